The van der Waals surface area contributed by atoms with Gasteiger partial charge in [0.1, 0.15) is 11.9 Å². The van der Waals surface area contributed by atoms with Gasteiger partial charge in [-0.05, 0) is 49.6 Å². The Kier molecular flexibility index (Phi) is 8.18. The maximum atomic E-state index is 14.0. The van der Waals surface area contributed by atoms with E-state index >= 15 is 0 Å². The van der Waals surface area contributed by atoms with Gasteiger partial charge in [0.15, 0.2) is 0 Å². The smallest absolute Gasteiger partial charge is 0.242 e. The molecule has 6 heteroatoms. The van der Waals surface area contributed by atoms with Gasteiger partial charge < -0.3 is 10.2 Å². The van der Waals surface area contributed by atoms with Crippen LogP contribution in [0.15, 0.2) is 53.0 Å². The van der Waals surface area contributed by atoms with Crippen LogP contribution in [0.5, 0.6) is 0 Å². The Morgan fingerprint density at radius 2 is 1.75 bits per heavy atom. The normalized spacial score (nSPS) is 12.9. The van der Waals surface area contributed by atoms with E-state index in [4.69, 9.17) is 0 Å². The van der Waals surface area contributed by atoms with E-state index in [0.717, 1.165) is 16.5 Å². The monoisotopic (exact) mass is 448 g/mol. The number of carbonyl (C=O) groups is 2. The zero-order valence-electron chi connectivity index (χ0n) is 16.4. The van der Waals surface area contributed by atoms with Gasteiger partial charge in [-0.15, -0.1) is 0 Å². The Morgan fingerprint density at radius 3 is 2.36 bits per heavy atom. The van der Waals surface area contributed by atoms with Gasteiger partial charge in [0.2, 0.25) is 11.8 Å². The summed E-state index contributed by atoms with van der Waals surface area (Å²) in [6.45, 7) is 5.88. The van der Waals surface area contributed by atoms with Crippen LogP contribution >= 0.6 is 15.9 Å². The second kappa shape index (κ2) is 10.4. The standard InChI is InChI=1S/C22H26BrFN2O2/c1-4-15(2)25-22(28)16(3)26(14-17-9-11-19(23)12-10-17)21(27)13-18-7-5-6-8-20(18)24/h5-12,15-16H,4,13-14H2,1-3H3,(H,25,28). The van der Waals surface area contributed by atoms with Crippen LogP contribution < -0.4 is 5.32 Å². The van der Waals surface area contributed by atoms with Crippen LogP contribution in [0.25, 0.3) is 0 Å². The first kappa shape index (κ1) is 22.1. The van der Waals surface area contributed by atoms with Crippen LogP contribution in [0.3, 0.4) is 0 Å². The quantitative estimate of drug-likeness (QED) is 0.647. The SMILES string of the molecule is CCC(C)NC(=O)C(C)N(Cc1ccc(Br)cc1)C(=O)Cc1ccccc1F. The highest BCUT2D eigenvalue weighted by Crippen LogP contribution is 2.16. The van der Waals surface area contributed by atoms with Crippen molar-refractivity contribution in [3.05, 3.63) is 69.9 Å². The largest absolute Gasteiger partial charge is 0.352 e. The lowest BCUT2D eigenvalue weighted by Gasteiger charge is -2.30. The maximum Gasteiger partial charge on any atom is 0.242 e. The number of hydrogen-bond donors (Lipinski definition) is 1. The first-order valence-electron chi connectivity index (χ1n) is 9.39. The average Bonchev–Trinajstić information content (AvgIpc) is 2.68. The first-order valence-corrected chi connectivity index (χ1v) is 10.2. The molecule has 0 aromatic heterocycles. The molecule has 2 rings (SSSR count). The van der Waals surface area contributed by atoms with Crippen molar-refractivity contribution < 1.29 is 14.0 Å². The highest BCUT2D eigenvalue weighted by molar-refractivity contribution is 9.10. The number of benzene rings is 2. The fraction of sp³-hybridized carbons (Fsp3) is 0.364. The molecule has 0 aliphatic rings. The molecule has 2 atom stereocenters. The molecule has 0 aliphatic heterocycles. The summed E-state index contributed by atoms with van der Waals surface area (Å²) < 4.78 is 14.9. The van der Waals surface area contributed by atoms with Crippen molar-refractivity contribution in [2.75, 3.05) is 0 Å². The third-order valence-corrected chi connectivity index (χ3v) is 5.26. The third kappa shape index (κ3) is 6.16. The third-order valence-electron chi connectivity index (χ3n) is 4.73. The molecule has 0 saturated heterocycles. The molecule has 1 N–H and O–H groups in total. The lowest BCUT2D eigenvalue weighted by Crippen LogP contribution is -2.49. The van der Waals surface area contributed by atoms with Crippen molar-refractivity contribution in [1.82, 2.24) is 10.2 Å². The molecule has 28 heavy (non-hydrogen) atoms. The second-order valence-corrected chi connectivity index (χ2v) is 7.83. The Labute approximate surface area is 174 Å². The van der Waals surface area contributed by atoms with Gasteiger partial charge in [-0.25, -0.2) is 4.39 Å². The van der Waals surface area contributed by atoms with Crippen LogP contribution in [0.4, 0.5) is 4.39 Å². The minimum absolute atomic E-state index is 0.0196. The van der Waals surface area contributed by atoms with Gasteiger partial charge in [0.05, 0.1) is 6.42 Å². The van der Waals surface area contributed by atoms with Crippen molar-refractivity contribution in [3.8, 4) is 0 Å². The summed E-state index contributed by atoms with van der Waals surface area (Å²) in [6.07, 6.45) is 0.707. The van der Waals surface area contributed by atoms with Crippen LogP contribution in [0.1, 0.15) is 38.3 Å². The fourth-order valence-corrected chi connectivity index (χ4v) is 3.01. The van der Waals surface area contributed by atoms with E-state index in [1.54, 1.807) is 25.1 Å². The Morgan fingerprint density at radius 1 is 1.11 bits per heavy atom. The minimum atomic E-state index is -0.670. The lowest BCUT2D eigenvalue weighted by atomic mass is 10.1. The van der Waals surface area contributed by atoms with Gasteiger partial charge >= 0.3 is 0 Å². The molecule has 0 radical (unpaired) electrons. The van der Waals surface area contributed by atoms with E-state index in [2.05, 4.69) is 21.2 Å². The molecule has 4 nitrogen and oxygen atoms in total. The van der Waals surface area contributed by atoms with Crippen LogP contribution in [0.2, 0.25) is 0 Å². The molecule has 2 unspecified atom stereocenters. The molecular weight excluding hydrogens is 423 g/mol. The molecule has 2 amide bonds. The molecule has 0 fully saturated rings. The van der Waals surface area contributed by atoms with Gasteiger partial charge in [0.25, 0.3) is 0 Å². The Bertz CT molecular complexity index is 810. The number of carbonyl (C=O) groups excluding carboxylic acids is 2. The number of nitrogens with one attached hydrogen (secondary N) is 1. The van der Waals surface area contributed by atoms with E-state index in [9.17, 15) is 14.0 Å². The van der Waals surface area contributed by atoms with Crippen molar-refractivity contribution in [2.24, 2.45) is 0 Å². The summed E-state index contributed by atoms with van der Waals surface area (Å²) in [5.74, 6) is -0.927. The highest BCUT2D eigenvalue weighted by atomic mass is 79.9. The van der Waals surface area contributed by atoms with Crippen molar-refractivity contribution in [3.63, 3.8) is 0 Å². The van der Waals surface area contributed by atoms with Crippen LogP contribution in [0, 0.1) is 5.82 Å². The van der Waals surface area contributed by atoms with E-state index in [1.165, 1.54) is 11.0 Å². The summed E-state index contributed by atoms with van der Waals surface area (Å²) in [7, 11) is 0. The highest BCUT2D eigenvalue weighted by Gasteiger charge is 2.27. The molecule has 2 aromatic carbocycles. The summed E-state index contributed by atoms with van der Waals surface area (Å²) >= 11 is 3.39. The molecule has 0 spiro atoms. The first-order chi connectivity index (χ1) is 13.3. The van der Waals surface area contributed by atoms with Crippen LogP contribution in [-0.2, 0) is 22.6 Å². The number of amides is 2. The van der Waals surface area contributed by atoms with Crippen molar-refractivity contribution in [1.29, 1.82) is 0 Å². The van der Waals surface area contributed by atoms with Gasteiger partial charge in [-0.2, -0.15) is 0 Å². The van der Waals surface area contributed by atoms with E-state index in [0.29, 0.717) is 5.56 Å². The van der Waals surface area contributed by atoms with E-state index < -0.39 is 11.9 Å². The molecule has 0 saturated carbocycles. The molecule has 0 heterocycles. The minimum Gasteiger partial charge on any atom is -0.352 e. The Balaban J connectivity index is 2.23. The summed E-state index contributed by atoms with van der Waals surface area (Å²) in [4.78, 5) is 27.2. The topological polar surface area (TPSA) is 49.4 Å². The summed E-state index contributed by atoms with van der Waals surface area (Å²) in [6, 6.07) is 13.1. The zero-order valence-corrected chi connectivity index (χ0v) is 18.0. The lowest BCUT2D eigenvalue weighted by molar-refractivity contribution is -0.140. The van der Waals surface area contributed by atoms with E-state index in [-0.39, 0.29) is 30.8 Å². The molecule has 0 aliphatic carbocycles. The predicted molar refractivity (Wildman–Crippen MR) is 112 cm³/mol. The van der Waals surface area contributed by atoms with Gasteiger partial charge in [-0.3, -0.25) is 9.59 Å². The number of hydrogen-bond acceptors (Lipinski definition) is 2. The van der Waals surface area contributed by atoms with Crippen molar-refractivity contribution >= 4 is 27.7 Å². The summed E-state index contributed by atoms with van der Waals surface area (Å²) in [5.41, 5.74) is 1.22. The number of halogens is 2. The summed E-state index contributed by atoms with van der Waals surface area (Å²) in [5, 5.41) is 2.92. The fourth-order valence-electron chi connectivity index (χ4n) is 2.74. The predicted octanol–water partition coefficient (Wildman–Crippen LogP) is 4.46. The number of rotatable bonds is 8. The molecular formula is C22H26BrFN2O2. The van der Waals surface area contributed by atoms with Crippen molar-refractivity contribution in [2.45, 2.75) is 52.2 Å². The van der Waals surface area contributed by atoms with Crippen LogP contribution in [-0.4, -0.2) is 28.8 Å². The molecule has 0 bridgehead atoms. The number of nitrogens with zero attached hydrogens (tertiary/aromatic N) is 1. The van der Waals surface area contributed by atoms with E-state index in [1.807, 2.05) is 38.1 Å². The molecule has 2 aromatic rings. The van der Waals surface area contributed by atoms with Gasteiger partial charge in [0, 0.05) is 17.1 Å². The Hall–Kier alpha value is -2.21. The average molecular weight is 449 g/mol. The van der Waals surface area contributed by atoms with Gasteiger partial charge in [-0.1, -0.05) is 53.2 Å². The second-order valence-electron chi connectivity index (χ2n) is 6.91. The maximum absolute atomic E-state index is 14.0. The molecule has 150 valence electrons. The zero-order chi connectivity index (χ0) is 20.7.